The van der Waals surface area contributed by atoms with Crippen molar-refractivity contribution in [3.8, 4) is 6.07 Å². The molecular formula is C32H44N2O3. The van der Waals surface area contributed by atoms with Crippen LogP contribution in [-0.4, -0.2) is 23.0 Å². The van der Waals surface area contributed by atoms with E-state index in [1.165, 1.54) is 6.08 Å². The number of Topliss-reactive ketones (excluding diaryl/α,β-unsaturated/α-hetero) is 1. The molecular weight excluding hydrogens is 460 g/mol. The molecule has 0 bridgehead atoms. The van der Waals surface area contributed by atoms with Crippen LogP contribution in [0.25, 0.3) is 0 Å². The van der Waals surface area contributed by atoms with Gasteiger partial charge in [-0.15, -0.1) is 0 Å². The van der Waals surface area contributed by atoms with Gasteiger partial charge in [0.05, 0.1) is 5.57 Å². The van der Waals surface area contributed by atoms with Crippen molar-refractivity contribution in [1.29, 1.82) is 5.26 Å². The van der Waals surface area contributed by atoms with Crippen LogP contribution in [-0.2, 0) is 14.4 Å². The smallest absolute Gasteiger partial charge is 0.243 e. The first kappa shape index (κ1) is 27.6. The fourth-order valence-corrected chi connectivity index (χ4v) is 9.41. The number of hydrogen-bond acceptors (Lipinski definition) is 4. The number of fused-ring (bicyclic) bond motifs is 7. The molecule has 0 aliphatic heterocycles. The molecule has 5 aliphatic rings. The Balaban J connectivity index is 0.00000320. The van der Waals surface area contributed by atoms with E-state index in [9.17, 15) is 19.6 Å². The van der Waals surface area contributed by atoms with Crippen molar-refractivity contribution in [3.63, 3.8) is 0 Å². The van der Waals surface area contributed by atoms with E-state index in [2.05, 4.69) is 45.7 Å². The predicted molar refractivity (Wildman–Crippen MR) is 145 cm³/mol. The maximum absolute atomic E-state index is 14.1. The number of nitriles is 1. The first-order valence-corrected chi connectivity index (χ1v) is 13.7. The van der Waals surface area contributed by atoms with E-state index in [0.717, 1.165) is 50.5 Å². The van der Waals surface area contributed by atoms with Gasteiger partial charge >= 0.3 is 0 Å². The number of allylic oxidation sites excluding steroid dienone is 4. The molecule has 5 rings (SSSR count). The molecule has 1 N–H and O–H groups in total. The van der Waals surface area contributed by atoms with Crippen molar-refractivity contribution in [2.75, 3.05) is 0 Å². The lowest BCUT2D eigenvalue weighted by Crippen LogP contribution is -2.66. The van der Waals surface area contributed by atoms with E-state index in [1.54, 1.807) is 0 Å². The maximum atomic E-state index is 14.1. The summed E-state index contributed by atoms with van der Waals surface area (Å²) < 4.78 is 0. The molecule has 200 valence electrons. The zero-order chi connectivity index (χ0) is 26.3. The highest BCUT2D eigenvalue weighted by molar-refractivity contribution is 6.02. The molecule has 37 heavy (non-hydrogen) atoms. The summed E-state index contributed by atoms with van der Waals surface area (Å²) in [6.45, 7) is 14.7. The normalized spacial score (nSPS) is 43.7. The monoisotopic (exact) mass is 504 g/mol. The molecule has 0 spiro atoms. The van der Waals surface area contributed by atoms with Gasteiger partial charge in [0.15, 0.2) is 11.6 Å². The summed E-state index contributed by atoms with van der Waals surface area (Å²) in [7, 11) is 0. The van der Waals surface area contributed by atoms with E-state index in [4.69, 9.17) is 0 Å². The van der Waals surface area contributed by atoms with Gasteiger partial charge in [0.2, 0.25) is 5.91 Å². The number of amides is 1. The zero-order valence-corrected chi connectivity index (χ0v) is 22.4. The largest absolute Gasteiger partial charge is 0.347 e. The summed E-state index contributed by atoms with van der Waals surface area (Å²) in [5.41, 5.74) is 0.487. The molecule has 0 radical (unpaired) electrons. The molecule has 0 aromatic carbocycles. The number of carbonyl (C=O) groups excluding carboxylic acids is 3. The van der Waals surface area contributed by atoms with Gasteiger partial charge in [0, 0.05) is 22.8 Å². The molecule has 5 nitrogen and oxygen atoms in total. The van der Waals surface area contributed by atoms with Crippen LogP contribution in [0.1, 0.15) is 87.0 Å². The van der Waals surface area contributed by atoms with Gasteiger partial charge in [0.25, 0.3) is 0 Å². The second kappa shape index (κ2) is 8.79. The van der Waals surface area contributed by atoms with Crippen LogP contribution in [0.5, 0.6) is 0 Å². The molecule has 8 atom stereocenters. The average molecular weight is 505 g/mol. The first-order valence-electron chi connectivity index (χ1n) is 13.7. The number of nitrogens with zero attached hydrogens (tertiary/aromatic N) is 1. The van der Waals surface area contributed by atoms with Crippen LogP contribution in [0.3, 0.4) is 0 Å². The third-order valence-corrected chi connectivity index (χ3v) is 11.3. The van der Waals surface area contributed by atoms with E-state index >= 15 is 0 Å². The molecule has 0 heterocycles. The fraction of sp³-hybridized carbons (Fsp3) is 0.688. The van der Waals surface area contributed by atoms with E-state index in [0.29, 0.717) is 0 Å². The lowest BCUT2D eigenvalue weighted by atomic mass is 9.40. The Morgan fingerprint density at radius 1 is 1.08 bits per heavy atom. The highest BCUT2D eigenvalue weighted by Gasteiger charge is 2.64. The first-order chi connectivity index (χ1) is 16.8. The van der Waals surface area contributed by atoms with Crippen LogP contribution in [0, 0.1) is 57.2 Å². The second-order valence-electron chi connectivity index (χ2n) is 13.6. The Morgan fingerprint density at radius 3 is 2.41 bits per heavy atom. The van der Waals surface area contributed by atoms with Crippen LogP contribution in [0.4, 0.5) is 0 Å². The Kier molecular flexibility index (Phi) is 6.54. The molecule has 0 saturated heterocycles. The van der Waals surface area contributed by atoms with Gasteiger partial charge < -0.3 is 5.32 Å². The number of ketones is 2. The van der Waals surface area contributed by atoms with Crippen molar-refractivity contribution in [2.45, 2.75) is 92.5 Å². The van der Waals surface area contributed by atoms with Crippen LogP contribution >= 0.6 is 0 Å². The third kappa shape index (κ3) is 3.81. The Hall–Kier alpha value is -2.48. The van der Waals surface area contributed by atoms with Gasteiger partial charge in [0.1, 0.15) is 6.07 Å². The number of nitrogens with one attached hydrogen (secondary N) is 1. The van der Waals surface area contributed by atoms with Crippen molar-refractivity contribution < 1.29 is 14.4 Å². The summed E-state index contributed by atoms with van der Waals surface area (Å²) in [6.07, 6.45) is 11.6. The second-order valence-corrected chi connectivity index (χ2v) is 13.6. The van der Waals surface area contributed by atoms with Crippen molar-refractivity contribution in [1.82, 2.24) is 5.32 Å². The van der Waals surface area contributed by atoms with Gasteiger partial charge in [-0.1, -0.05) is 60.3 Å². The number of hydrogen-bond donors (Lipinski definition) is 1. The van der Waals surface area contributed by atoms with Gasteiger partial charge in [-0.05, 0) is 85.7 Å². The summed E-state index contributed by atoms with van der Waals surface area (Å²) in [5.74, 6) is 0.0100. The summed E-state index contributed by atoms with van der Waals surface area (Å²) in [5, 5.41) is 13.0. The quantitative estimate of drug-likeness (QED) is 0.459. The summed E-state index contributed by atoms with van der Waals surface area (Å²) in [4.78, 5) is 39.5. The van der Waals surface area contributed by atoms with Gasteiger partial charge in [-0.25, -0.2) is 0 Å². The van der Waals surface area contributed by atoms with Crippen molar-refractivity contribution >= 4 is 17.5 Å². The van der Waals surface area contributed by atoms with Crippen LogP contribution in [0.2, 0.25) is 0 Å². The molecule has 1 amide bonds. The standard InChI is InChI=1S/C31H40N2O3.CH4/c1-7-25(35)33-31-11-9-21-26(22(31)16-28(3,4)12-13-31)23(34)14-24-29(21,5)10-8-20-18(2)27(36)19(17-32)15-30(20,24)6;/h7,14-15,18,20-22,26H,1,8-13,16H2,2-6H3,(H,33,35);1H4. The minimum absolute atomic E-state index is 0. The van der Waals surface area contributed by atoms with Crippen LogP contribution < -0.4 is 5.32 Å². The lowest BCUT2D eigenvalue weighted by Gasteiger charge is -2.64. The predicted octanol–water partition coefficient (Wildman–Crippen LogP) is 6.12. The minimum Gasteiger partial charge on any atom is -0.347 e. The van der Waals surface area contributed by atoms with E-state index in [1.807, 2.05) is 19.1 Å². The maximum Gasteiger partial charge on any atom is 0.243 e. The summed E-state index contributed by atoms with van der Waals surface area (Å²) in [6, 6.07) is 2.14. The molecule has 8 unspecified atom stereocenters. The average Bonchev–Trinajstić information content (AvgIpc) is 2.82. The zero-order valence-electron chi connectivity index (χ0n) is 22.4. The third-order valence-electron chi connectivity index (χ3n) is 11.3. The number of rotatable bonds is 2. The van der Waals surface area contributed by atoms with E-state index < -0.39 is 5.41 Å². The van der Waals surface area contributed by atoms with Crippen molar-refractivity contribution in [2.24, 2.45) is 45.8 Å². The molecule has 0 aromatic rings. The van der Waals surface area contributed by atoms with Crippen LogP contribution in [0.15, 0.2) is 36.0 Å². The lowest BCUT2D eigenvalue weighted by molar-refractivity contribution is -0.143. The van der Waals surface area contributed by atoms with Gasteiger partial charge in [-0.3, -0.25) is 14.4 Å². The van der Waals surface area contributed by atoms with Gasteiger partial charge in [-0.2, -0.15) is 5.26 Å². The highest BCUT2D eigenvalue weighted by atomic mass is 16.2. The topological polar surface area (TPSA) is 87.0 Å². The molecule has 0 aromatic heterocycles. The minimum atomic E-state index is -0.469. The molecule has 5 heteroatoms. The number of carbonyl (C=O) groups is 3. The molecule has 5 aliphatic carbocycles. The SMILES string of the molecule is C.C=CC(=O)NC12CCC3C(C(=O)C=C4C5(C)C=C(C#N)C(=O)C(C)C5CCC43C)C1CC(C)(C)CC2. The van der Waals surface area contributed by atoms with Crippen molar-refractivity contribution in [3.05, 3.63) is 36.0 Å². The molecule has 3 saturated carbocycles. The Bertz CT molecular complexity index is 1160. The fourth-order valence-electron chi connectivity index (χ4n) is 9.41. The van der Waals surface area contributed by atoms with E-state index in [-0.39, 0.29) is 76.4 Å². The highest BCUT2D eigenvalue weighted by Crippen LogP contribution is 2.68. The summed E-state index contributed by atoms with van der Waals surface area (Å²) >= 11 is 0. The molecule has 3 fully saturated rings. The Morgan fingerprint density at radius 2 is 1.76 bits per heavy atom. The Labute approximate surface area is 222 Å².